The second-order valence-corrected chi connectivity index (χ2v) is 12.1. The van der Waals surface area contributed by atoms with Crippen LogP contribution in [0.4, 0.5) is 0 Å². The van der Waals surface area contributed by atoms with Gasteiger partial charge in [-0.2, -0.15) is 0 Å². The van der Waals surface area contributed by atoms with E-state index in [1.165, 1.54) is 0 Å². The summed E-state index contributed by atoms with van der Waals surface area (Å²) in [5, 5.41) is 3.27. The average Bonchev–Trinajstić information content (AvgIpc) is 2.66. The molecule has 3 heteroatoms. The minimum absolute atomic E-state index is 0. The molecule has 0 aliphatic heterocycles. The third-order valence-electron chi connectivity index (χ3n) is 3.99. The van der Waals surface area contributed by atoms with Gasteiger partial charge in [0.15, 0.2) is 0 Å². The first-order valence-electron chi connectivity index (χ1n) is 6.08. The van der Waals surface area contributed by atoms with Crippen molar-refractivity contribution in [3.05, 3.63) is 32.8 Å². The van der Waals surface area contributed by atoms with Crippen LogP contribution < -0.4 is 6.10 Å². The Bertz CT molecular complexity index is 517. The maximum Gasteiger partial charge on any atom is -1.00 e. The molecule has 0 radical (unpaired) electrons. The quantitative estimate of drug-likeness (QED) is 0.792. The molecule has 0 fully saturated rings. The van der Waals surface area contributed by atoms with E-state index in [0.29, 0.717) is 0 Å². The van der Waals surface area contributed by atoms with Crippen molar-refractivity contribution in [2.75, 3.05) is 0 Å². The van der Waals surface area contributed by atoms with Gasteiger partial charge in [-0.05, 0) is 0 Å². The summed E-state index contributed by atoms with van der Waals surface area (Å²) in [6.45, 7) is 13.9. The summed E-state index contributed by atoms with van der Waals surface area (Å²) in [5.74, 6) is 0. The van der Waals surface area contributed by atoms with E-state index in [-0.39, 0.29) is 24.3 Å². The second-order valence-electron chi connectivity index (χ2n) is 4.97. The van der Waals surface area contributed by atoms with Crippen molar-refractivity contribution in [1.29, 1.82) is 0 Å². The first-order valence-corrected chi connectivity index (χ1v) is 9.88. The van der Waals surface area contributed by atoms with Gasteiger partial charge in [-0.3, -0.25) is 0 Å². The molecule has 0 nitrogen and oxygen atoms in total. The van der Waals surface area contributed by atoms with E-state index in [1.807, 2.05) is 6.10 Å². The van der Waals surface area contributed by atoms with Crippen LogP contribution >= 0.6 is 16.4 Å². The Hall–Kier alpha value is 0.430. The van der Waals surface area contributed by atoms with E-state index in [9.17, 15) is 0 Å². The summed E-state index contributed by atoms with van der Waals surface area (Å²) in [7, 11) is 2.03. The molecule has 2 atom stereocenters. The summed E-state index contributed by atoms with van der Waals surface area (Å²) in [4.78, 5) is 0. The minimum Gasteiger partial charge on any atom is -1.00 e. The van der Waals surface area contributed by atoms with Crippen LogP contribution in [0.15, 0.2) is 0 Å². The Balaban J connectivity index is 0.00000162. The zero-order valence-corrected chi connectivity index (χ0v) is 15.4. The largest absolute Gasteiger partial charge is 1.00 e. The molecule has 2 aromatic rings. The Kier molecular flexibility index (Phi) is 4.24. The van der Waals surface area contributed by atoms with Gasteiger partial charge in [0.05, 0.1) is 0 Å². The minimum atomic E-state index is -0.329. The van der Waals surface area contributed by atoms with Crippen LogP contribution in [0.3, 0.4) is 0 Å². The second kappa shape index (κ2) is 5.20. The molecule has 90 valence electrons. The molecule has 0 saturated carbocycles. The monoisotopic (exact) mass is 296 g/mol. The van der Waals surface area contributed by atoms with Crippen molar-refractivity contribution in [3.63, 3.8) is 0 Å². The molecule has 2 rings (SSSR count). The molecule has 0 amide bonds. The molecule has 0 aliphatic rings. The van der Waals surface area contributed by atoms with Crippen molar-refractivity contribution < 1.29 is 24.3 Å². The Morgan fingerprint density at radius 1 is 0.647 bits per heavy atom. The third kappa shape index (κ3) is 2.58. The predicted octanol–water partition coefficient (Wildman–Crippen LogP) is 3.75. The van der Waals surface area contributed by atoms with Gasteiger partial charge in [0, 0.05) is 0 Å². The van der Waals surface area contributed by atoms with E-state index < -0.39 is 0 Å². The predicted molar refractivity (Wildman–Crippen MR) is 80.7 cm³/mol. The summed E-state index contributed by atoms with van der Waals surface area (Å²) in [5.41, 5.74) is 6.43. The molecule has 2 heterocycles. The summed E-state index contributed by atoms with van der Waals surface area (Å²) < 4.78 is 3.68. The maximum absolute atomic E-state index is 2.34. The van der Waals surface area contributed by atoms with Gasteiger partial charge in [0.25, 0.3) is 0 Å². The molecular weight excluding hydrogens is 275 g/mol. The Morgan fingerprint density at radius 3 is 1.24 bits per heavy atom. The zero-order valence-electron chi connectivity index (χ0n) is 12.6. The van der Waals surface area contributed by atoms with Crippen LogP contribution in [-0.2, 0) is 22.9 Å². The van der Waals surface area contributed by atoms with Gasteiger partial charge in [0.1, 0.15) is 0 Å². The van der Waals surface area contributed by atoms with E-state index in [4.69, 9.17) is 0 Å². The van der Waals surface area contributed by atoms with E-state index in [1.54, 1.807) is 32.8 Å². The van der Waals surface area contributed by atoms with Crippen LogP contribution in [0.25, 0.3) is 0 Å². The number of hydrogen-bond donors (Lipinski definition) is 0. The molecular formula is C14H21P2Sc. The van der Waals surface area contributed by atoms with Gasteiger partial charge in [0.2, 0.25) is 0 Å². The van der Waals surface area contributed by atoms with Crippen LogP contribution in [0.1, 0.15) is 34.3 Å². The molecule has 0 saturated heterocycles. The summed E-state index contributed by atoms with van der Waals surface area (Å²) in [6, 6.07) is 0. The van der Waals surface area contributed by atoms with Crippen LogP contribution in [0.5, 0.6) is 0 Å². The number of hydrogen-bond acceptors (Lipinski definition) is 0. The number of aryl methyl sites for hydroxylation is 2. The smallest absolute Gasteiger partial charge is 1.00 e. The van der Waals surface area contributed by atoms with Crippen molar-refractivity contribution in [3.8, 4) is 0 Å². The Morgan fingerprint density at radius 2 is 1.00 bits per heavy atom. The fraction of sp³-hybridized carbons (Fsp3) is 0.429. The topological polar surface area (TPSA) is 0 Å². The van der Waals surface area contributed by atoms with Crippen molar-refractivity contribution in [1.82, 2.24) is 0 Å². The average molecular weight is 296 g/mol. The first-order chi connectivity index (χ1) is 7.91. The van der Waals surface area contributed by atoms with Gasteiger partial charge in [-0.15, -0.1) is 0 Å². The van der Waals surface area contributed by atoms with Gasteiger partial charge in [-0.1, -0.05) is 0 Å². The summed E-state index contributed by atoms with van der Waals surface area (Å²) >= 11 is -0.329. The van der Waals surface area contributed by atoms with Gasteiger partial charge in [-0.25, -0.2) is 0 Å². The normalized spacial score (nSPS) is 11.6. The molecule has 2 aromatic heterocycles. The van der Waals surface area contributed by atoms with Gasteiger partial charge < -0.3 is 1.43 Å². The fourth-order valence-electron chi connectivity index (χ4n) is 2.18. The Labute approximate surface area is 121 Å². The molecule has 17 heavy (non-hydrogen) atoms. The summed E-state index contributed by atoms with van der Waals surface area (Å²) in [6.07, 6.45) is 0. The van der Waals surface area contributed by atoms with Gasteiger partial charge >= 0.3 is 120 Å². The molecule has 0 aromatic carbocycles. The first kappa shape index (κ1) is 13.9. The van der Waals surface area contributed by atoms with Crippen LogP contribution in [-0.4, -0.2) is 0 Å². The fourth-order valence-corrected chi connectivity index (χ4v) is 10.9. The third-order valence-corrected chi connectivity index (χ3v) is 11.6. The van der Waals surface area contributed by atoms with E-state index in [2.05, 4.69) is 41.5 Å². The molecule has 0 bridgehead atoms. The van der Waals surface area contributed by atoms with E-state index in [0.717, 1.165) is 16.4 Å². The SMILES string of the molecule is Cc1[pH][c]([Sc+][c]2[pH]c(C)c(C)c2C)c(C)c1C.[H-]. The zero-order chi connectivity index (χ0) is 12.7. The standard InChI is InChI=1S/2C7H10P.Sc.H/c2*1-5-4-8-7(3)6(5)2;;/h2*8H,1-3H3;;/q;;+1;-1. The van der Waals surface area contributed by atoms with Crippen LogP contribution in [0.2, 0.25) is 0 Å². The van der Waals surface area contributed by atoms with Crippen molar-refractivity contribution >= 4 is 22.5 Å². The van der Waals surface area contributed by atoms with Crippen molar-refractivity contribution in [2.45, 2.75) is 41.5 Å². The molecule has 0 spiro atoms. The van der Waals surface area contributed by atoms with Crippen molar-refractivity contribution in [2.24, 2.45) is 0 Å². The molecule has 0 N–H and O–H groups in total. The number of rotatable bonds is 2. The molecule has 0 aliphatic carbocycles. The maximum atomic E-state index is 2.34. The van der Waals surface area contributed by atoms with Crippen LogP contribution in [0, 0.1) is 41.5 Å². The molecule has 2 unspecified atom stereocenters. The van der Waals surface area contributed by atoms with E-state index >= 15 is 0 Å².